The number of nitrogens with zero attached hydrogens (tertiary/aromatic N) is 2. The molecule has 1 aromatic rings. The van der Waals surface area contributed by atoms with Crippen LogP contribution in [0.3, 0.4) is 0 Å². The average molecular weight is 277 g/mol. The van der Waals surface area contributed by atoms with Crippen LogP contribution < -0.4 is 5.32 Å². The molecule has 20 heavy (non-hydrogen) atoms. The second-order valence-corrected chi connectivity index (χ2v) is 6.43. The van der Waals surface area contributed by atoms with E-state index in [9.17, 15) is 0 Å². The van der Waals surface area contributed by atoms with Gasteiger partial charge in [-0.15, -0.1) is 0 Å². The molecule has 0 aromatic carbocycles. The molecule has 1 unspecified atom stereocenters. The molecule has 0 bridgehead atoms. The molecule has 0 amide bonds. The molecule has 1 aliphatic carbocycles. The lowest BCUT2D eigenvalue weighted by atomic mass is 9.94. The second kappa shape index (κ2) is 7.26. The van der Waals surface area contributed by atoms with Crippen molar-refractivity contribution in [3.8, 4) is 0 Å². The summed E-state index contributed by atoms with van der Waals surface area (Å²) >= 11 is 0. The van der Waals surface area contributed by atoms with E-state index < -0.39 is 0 Å². The first kappa shape index (κ1) is 15.6. The van der Waals surface area contributed by atoms with Crippen molar-refractivity contribution >= 4 is 0 Å². The molecule has 1 atom stereocenters. The largest absolute Gasteiger partial charge is 0.316 e. The molecule has 0 spiro atoms. The van der Waals surface area contributed by atoms with E-state index in [0.29, 0.717) is 12.0 Å². The minimum atomic E-state index is 0.555. The highest BCUT2D eigenvalue weighted by Crippen LogP contribution is 2.32. The lowest BCUT2D eigenvalue weighted by Gasteiger charge is -2.23. The highest BCUT2D eigenvalue weighted by molar-refractivity contribution is 5.29. The number of aryl methyl sites for hydroxylation is 1. The fraction of sp³-hybridized carbons (Fsp3) is 0.824. The van der Waals surface area contributed by atoms with Gasteiger partial charge in [0.05, 0.1) is 11.7 Å². The lowest BCUT2D eigenvalue weighted by molar-refractivity contribution is 0.323. The van der Waals surface area contributed by atoms with Gasteiger partial charge in [0.2, 0.25) is 0 Å². The normalized spacial score (nSPS) is 18.4. The molecular formula is C17H31N3. The Morgan fingerprint density at radius 1 is 1.25 bits per heavy atom. The molecule has 114 valence electrons. The van der Waals surface area contributed by atoms with Gasteiger partial charge in [-0.05, 0) is 45.6 Å². The smallest absolute Gasteiger partial charge is 0.0631 e. The molecule has 0 radical (unpaired) electrons. The van der Waals surface area contributed by atoms with Crippen LogP contribution in [0.15, 0.2) is 0 Å². The van der Waals surface area contributed by atoms with Crippen molar-refractivity contribution in [2.24, 2.45) is 0 Å². The molecule has 1 saturated carbocycles. The van der Waals surface area contributed by atoms with Crippen molar-refractivity contribution < 1.29 is 0 Å². The van der Waals surface area contributed by atoms with Crippen molar-refractivity contribution in [2.45, 2.75) is 78.2 Å². The van der Waals surface area contributed by atoms with Gasteiger partial charge in [-0.1, -0.05) is 33.1 Å². The van der Waals surface area contributed by atoms with Crippen molar-refractivity contribution in [3.05, 3.63) is 17.0 Å². The minimum absolute atomic E-state index is 0.555. The van der Waals surface area contributed by atoms with Crippen LogP contribution in [0.5, 0.6) is 0 Å². The highest BCUT2D eigenvalue weighted by Gasteiger charge is 2.23. The summed E-state index contributed by atoms with van der Waals surface area (Å²) in [5.74, 6) is 0.555. The third-order valence-electron chi connectivity index (χ3n) is 4.67. The average Bonchev–Trinajstić information content (AvgIpc) is 2.75. The molecule has 1 N–H and O–H groups in total. The van der Waals surface area contributed by atoms with Crippen LogP contribution >= 0.6 is 0 Å². The number of rotatable bonds is 6. The van der Waals surface area contributed by atoms with E-state index in [0.717, 1.165) is 13.1 Å². The summed E-state index contributed by atoms with van der Waals surface area (Å²) in [6, 6.07) is 0.645. The molecule has 3 nitrogen and oxygen atoms in total. The monoisotopic (exact) mass is 277 g/mol. The van der Waals surface area contributed by atoms with Crippen molar-refractivity contribution in [2.75, 3.05) is 13.1 Å². The topological polar surface area (TPSA) is 29.9 Å². The Kier molecular flexibility index (Phi) is 5.64. The lowest BCUT2D eigenvalue weighted by Crippen LogP contribution is -2.21. The van der Waals surface area contributed by atoms with Gasteiger partial charge in [0.15, 0.2) is 0 Å². The predicted molar refractivity (Wildman–Crippen MR) is 85.4 cm³/mol. The molecule has 3 heteroatoms. The molecule has 1 heterocycles. The fourth-order valence-corrected chi connectivity index (χ4v) is 3.67. The summed E-state index contributed by atoms with van der Waals surface area (Å²) in [4.78, 5) is 0. The van der Waals surface area contributed by atoms with Crippen LogP contribution in [0.2, 0.25) is 0 Å². The van der Waals surface area contributed by atoms with Crippen molar-refractivity contribution in [1.29, 1.82) is 0 Å². The first-order valence-electron chi connectivity index (χ1n) is 8.41. The minimum Gasteiger partial charge on any atom is -0.316 e. The predicted octanol–water partition coefficient (Wildman–Crippen LogP) is 4.11. The Bertz CT molecular complexity index is 416. The quantitative estimate of drug-likeness (QED) is 0.793. The molecule has 2 rings (SSSR count). The van der Waals surface area contributed by atoms with Gasteiger partial charge in [0.1, 0.15) is 0 Å². The summed E-state index contributed by atoms with van der Waals surface area (Å²) in [5, 5.41) is 8.41. The first-order valence-corrected chi connectivity index (χ1v) is 8.41. The van der Waals surface area contributed by atoms with E-state index in [1.54, 1.807) is 0 Å². The van der Waals surface area contributed by atoms with Gasteiger partial charge in [0, 0.05) is 17.8 Å². The van der Waals surface area contributed by atoms with E-state index in [1.807, 2.05) is 0 Å². The van der Waals surface area contributed by atoms with Crippen LogP contribution in [0.1, 0.15) is 81.3 Å². The maximum absolute atomic E-state index is 4.87. The Balaban J connectivity index is 2.11. The summed E-state index contributed by atoms with van der Waals surface area (Å²) in [7, 11) is 0. The number of aromatic nitrogens is 2. The van der Waals surface area contributed by atoms with Gasteiger partial charge in [-0.25, -0.2) is 0 Å². The van der Waals surface area contributed by atoms with Crippen LogP contribution in [0, 0.1) is 13.8 Å². The van der Waals surface area contributed by atoms with Gasteiger partial charge < -0.3 is 5.32 Å². The molecule has 1 fully saturated rings. The Morgan fingerprint density at radius 3 is 2.60 bits per heavy atom. The van der Waals surface area contributed by atoms with Gasteiger partial charge in [-0.3, -0.25) is 4.68 Å². The van der Waals surface area contributed by atoms with Gasteiger partial charge >= 0.3 is 0 Å². The van der Waals surface area contributed by atoms with E-state index in [4.69, 9.17) is 5.10 Å². The zero-order valence-corrected chi connectivity index (χ0v) is 13.7. The van der Waals surface area contributed by atoms with E-state index in [2.05, 4.69) is 37.7 Å². The van der Waals surface area contributed by atoms with Crippen LogP contribution in [0.25, 0.3) is 0 Å². The maximum Gasteiger partial charge on any atom is 0.0631 e. The molecule has 0 saturated heterocycles. The highest BCUT2D eigenvalue weighted by atomic mass is 15.3. The number of hydrogen-bond donors (Lipinski definition) is 1. The zero-order valence-electron chi connectivity index (χ0n) is 13.7. The van der Waals surface area contributed by atoms with E-state index in [1.165, 1.54) is 55.5 Å². The first-order chi connectivity index (χ1) is 9.65. The Labute approximate surface area is 124 Å². The Hall–Kier alpha value is -0.830. The summed E-state index contributed by atoms with van der Waals surface area (Å²) in [6.07, 6.45) is 7.96. The Morgan fingerprint density at radius 2 is 1.95 bits per heavy atom. The summed E-state index contributed by atoms with van der Waals surface area (Å²) < 4.78 is 2.33. The second-order valence-electron chi connectivity index (χ2n) is 6.43. The van der Waals surface area contributed by atoms with Crippen LogP contribution in [-0.2, 0) is 0 Å². The van der Waals surface area contributed by atoms with Crippen LogP contribution in [0.4, 0.5) is 0 Å². The molecule has 0 aliphatic heterocycles. The number of nitrogens with one attached hydrogen (secondary N) is 1. The third-order valence-corrected chi connectivity index (χ3v) is 4.67. The summed E-state index contributed by atoms with van der Waals surface area (Å²) in [6.45, 7) is 11.2. The molecule has 1 aliphatic rings. The summed E-state index contributed by atoms with van der Waals surface area (Å²) in [5.41, 5.74) is 4.11. The molecule has 1 aromatic heterocycles. The SMILES string of the molecule is CCCNCC(C)c1c(C)nn(C2CCCCC2)c1C. The van der Waals surface area contributed by atoms with Crippen LogP contribution in [-0.4, -0.2) is 22.9 Å². The van der Waals surface area contributed by atoms with E-state index in [-0.39, 0.29) is 0 Å². The van der Waals surface area contributed by atoms with E-state index >= 15 is 0 Å². The van der Waals surface area contributed by atoms with Gasteiger partial charge in [-0.2, -0.15) is 5.10 Å². The number of hydrogen-bond acceptors (Lipinski definition) is 2. The third kappa shape index (κ3) is 3.43. The fourth-order valence-electron chi connectivity index (χ4n) is 3.67. The van der Waals surface area contributed by atoms with Crippen molar-refractivity contribution in [1.82, 2.24) is 15.1 Å². The molecular weight excluding hydrogens is 246 g/mol. The van der Waals surface area contributed by atoms with Crippen molar-refractivity contribution in [3.63, 3.8) is 0 Å². The zero-order chi connectivity index (χ0) is 14.5. The van der Waals surface area contributed by atoms with Gasteiger partial charge in [0.25, 0.3) is 0 Å². The standard InChI is InChI=1S/C17H31N3/c1-5-11-18-12-13(2)17-14(3)19-20(15(17)4)16-9-7-6-8-10-16/h13,16,18H,5-12H2,1-4H3. The maximum atomic E-state index is 4.87.